The van der Waals surface area contributed by atoms with E-state index in [1.165, 1.54) is 24.5 Å². The number of benzene rings is 1. The van der Waals surface area contributed by atoms with Crippen LogP contribution >= 0.6 is 11.6 Å². The number of rotatable bonds is 6. The van der Waals surface area contributed by atoms with E-state index >= 15 is 0 Å². The summed E-state index contributed by atoms with van der Waals surface area (Å²) in [5, 5.41) is 13.7. The monoisotopic (exact) mass is 336 g/mol. The third-order valence-corrected chi connectivity index (χ3v) is 3.30. The highest BCUT2D eigenvalue weighted by Gasteiger charge is 2.23. The number of nitrogens with zero attached hydrogens (tertiary/aromatic N) is 1. The van der Waals surface area contributed by atoms with E-state index in [0.717, 1.165) is 6.07 Å². The van der Waals surface area contributed by atoms with Crippen molar-refractivity contribution >= 4 is 29.0 Å². The number of amides is 1. The molecule has 0 saturated carbocycles. The molecule has 23 heavy (non-hydrogen) atoms. The summed E-state index contributed by atoms with van der Waals surface area (Å²) in [6, 6.07) is 6.37. The maximum absolute atomic E-state index is 12.2. The smallest absolute Gasteiger partial charge is 0.283 e. The van der Waals surface area contributed by atoms with E-state index in [9.17, 15) is 19.7 Å². The minimum absolute atomic E-state index is 0.0145. The van der Waals surface area contributed by atoms with E-state index in [0.29, 0.717) is 0 Å². The second-order valence-corrected chi connectivity index (χ2v) is 5.33. The average Bonchev–Trinajstić information content (AvgIpc) is 3.00. The molecule has 1 N–H and O–H groups in total. The van der Waals surface area contributed by atoms with E-state index in [-0.39, 0.29) is 34.2 Å². The molecule has 0 bridgehead atoms. The number of nitro benzene ring substituents is 1. The normalized spacial score (nSPS) is 11.7. The molecule has 0 unspecified atom stereocenters. The molecule has 0 spiro atoms. The Hall–Kier alpha value is -2.67. The van der Waals surface area contributed by atoms with E-state index in [2.05, 4.69) is 5.32 Å². The Morgan fingerprint density at radius 3 is 2.74 bits per heavy atom. The average molecular weight is 337 g/mol. The van der Waals surface area contributed by atoms with Gasteiger partial charge in [0.15, 0.2) is 11.5 Å². The van der Waals surface area contributed by atoms with Crippen LogP contribution in [0.15, 0.2) is 41.0 Å². The zero-order valence-electron chi connectivity index (χ0n) is 12.1. The van der Waals surface area contributed by atoms with Crippen molar-refractivity contribution in [2.75, 3.05) is 0 Å². The first-order valence-corrected chi connectivity index (χ1v) is 7.07. The Labute approximate surface area is 136 Å². The second-order valence-electron chi connectivity index (χ2n) is 4.90. The number of carbonyl (C=O) groups is 2. The first-order chi connectivity index (χ1) is 10.9. The van der Waals surface area contributed by atoms with Crippen LogP contribution in [0.3, 0.4) is 0 Å². The third-order valence-electron chi connectivity index (χ3n) is 3.07. The van der Waals surface area contributed by atoms with Gasteiger partial charge in [0.25, 0.3) is 11.6 Å². The van der Waals surface area contributed by atoms with Gasteiger partial charge in [-0.25, -0.2) is 0 Å². The topological polar surface area (TPSA) is 102 Å². The predicted octanol–water partition coefficient (Wildman–Crippen LogP) is 3.23. The molecule has 120 valence electrons. The van der Waals surface area contributed by atoms with Crippen molar-refractivity contribution in [3.05, 3.63) is 63.1 Å². The highest BCUT2D eigenvalue weighted by molar-refractivity contribution is 6.31. The lowest BCUT2D eigenvalue weighted by molar-refractivity contribution is -0.385. The van der Waals surface area contributed by atoms with Gasteiger partial charge in [-0.2, -0.15) is 0 Å². The first-order valence-electron chi connectivity index (χ1n) is 6.70. The minimum Gasteiger partial charge on any atom is -0.461 e. The Bertz CT molecular complexity index is 742. The number of nitro groups is 1. The summed E-state index contributed by atoms with van der Waals surface area (Å²) in [6.07, 6.45) is 1.40. The molecule has 8 heteroatoms. The number of halogens is 1. The van der Waals surface area contributed by atoms with E-state index in [4.69, 9.17) is 16.0 Å². The van der Waals surface area contributed by atoms with Crippen LogP contribution in [0.4, 0.5) is 5.69 Å². The molecule has 0 saturated heterocycles. The molecular weight excluding hydrogens is 324 g/mol. The van der Waals surface area contributed by atoms with Crippen molar-refractivity contribution in [2.45, 2.75) is 19.4 Å². The first kappa shape index (κ1) is 16.7. The number of furan rings is 1. The summed E-state index contributed by atoms with van der Waals surface area (Å²) in [6.45, 7) is 1.63. The number of hydrogen-bond acceptors (Lipinski definition) is 5. The third kappa shape index (κ3) is 4.17. The fraction of sp³-hybridized carbons (Fsp3) is 0.200. The van der Waals surface area contributed by atoms with Crippen LogP contribution in [0.2, 0.25) is 5.02 Å². The maximum atomic E-state index is 12.2. The zero-order chi connectivity index (χ0) is 17.0. The molecule has 0 aliphatic heterocycles. The van der Waals surface area contributed by atoms with Gasteiger partial charge in [-0.1, -0.05) is 11.6 Å². The van der Waals surface area contributed by atoms with Crippen molar-refractivity contribution in [3.63, 3.8) is 0 Å². The number of hydrogen-bond donors (Lipinski definition) is 1. The Morgan fingerprint density at radius 1 is 1.39 bits per heavy atom. The quantitative estimate of drug-likeness (QED) is 0.495. The molecule has 1 aromatic carbocycles. The van der Waals surface area contributed by atoms with Crippen LogP contribution < -0.4 is 5.32 Å². The van der Waals surface area contributed by atoms with Crippen LogP contribution in [-0.2, 0) is 0 Å². The summed E-state index contributed by atoms with van der Waals surface area (Å²) < 4.78 is 4.98. The largest absolute Gasteiger partial charge is 0.461 e. The Morgan fingerprint density at radius 2 is 2.13 bits per heavy atom. The lowest BCUT2D eigenvalue weighted by Gasteiger charge is -2.12. The van der Waals surface area contributed by atoms with Gasteiger partial charge in [0.05, 0.1) is 11.2 Å². The number of nitrogens with one attached hydrogen (secondary N) is 1. The lowest BCUT2D eigenvalue weighted by Crippen LogP contribution is -2.34. The standard InChI is InChI=1S/C15H13ClN2O5/c1-9(7-13(19)14-3-2-6-23-14)17-15(20)11-5-4-10(16)8-12(11)18(21)22/h2-6,8-9H,7H2,1H3,(H,17,20)/t9-/m1/s1. The number of Topliss-reactive ketones (excluding diaryl/α,β-unsaturated/α-hetero) is 1. The molecule has 1 atom stereocenters. The van der Waals surface area contributed by atoms with Gasteiger partial charge in [-0.15, -0.1) is 0 Å². The second kappa shape index (κ2) is 7.06. The molecule has 7 nitrogen and oxygen atoms in total. The molecule has 1 heterocycles. The van der Waals surface area contributed by atoms with Crippen LogP contribution in [0.5, 0.6) is 0 Å². The summed E-state index contributed by atoms with van der Waals surface area (Å²) in [5.41, 5.74) is -0.503. The molecule has 2 aromatic rings. The molecule has 2 rings (SSSR count). The molecule has 0 fully saturated rings. The molecule has 1 amide bonds. The van der Waals surface area contributed by atoms with Gasteiger partial charge >= 0.3 is 0 Å². The van der Waals surface area contributed by atoms with Gasteiger partial charge < -0.3 is 9.73 Å². The van der Waals surface area contributed by atoms with Gasteiger partial charge in [0.1, 0.15) is 5.56 Å². The van der Waals surface area contributed by atoms with Crippen LogP contribution in [0.1, 0.15) is 34.3 Å². The summed E-state index contributed by atoms with van der Waals surface area (Å²) in [5.74, 6) is -0.718. The van der Waals surface area contributed by atoms with Crippen molar-refractivity contribution < 1.29 is 18.9 Å². The summed E-state index contributed by atoms with van der Waals surface area (Å²) >= 11 is 5.71. The van der Waals surface area contributed by atoms with E-state index in [1.807, 2.05) is 0 Å². The molecule has 0 aliphatic rings. The maximum Gasteiger partial charge on any atom is 0.283 e. The molecule has 1 aromatic heterocycles. The van der Waals surface area contributed by atoms with Crippen molar-refractivity contribution in [1.29, 1.82) is 0 Å². The summed E-state index contributed by atoms with van der Waals surface area (Å²) in [4.78, 5) is 34.4. The van der Waals surface area contributed by atoms with Crippen LogP contribution in [0, 0.1) is 10.1 Å². The van der Waals surface area contributed by atoms with Crippen LogP contribution in [0.25, 0.3) is 0 Å². The van der Waals surface area contributed by atoms with Gasteiger partial charge in [0, 0.05) is 23.6 Å². The van der Waals surface area contributed by atoms with Crippen LogP contribution in [-0.4, -0.2) is 22.7 Å². The summed E-state index contributed by atoms with van der Waals surface area (Å²) in [7, 11) is 0. The predicted molar refractivity (Wildman–Crippen MR) is 82.7 cm³/mol. The molecule has 0 radical (unpaired) electrons. The number of carbonyl (C=O) groups excluding carboxylic acids is 2. The van der Waals surface area contributed by atoms with Gasteiger partial charge in [-0.05, 0) is 31.2 Å². The zero-order valence-corrected chi connectivity index (χ0v) is 12.9. The van der Waals surface area contributed by atoms with E-state index < -0.39 is 16.9 Å². The molecule has 0 aliphatic carbocycles. The SMILES string of the molecule is C[C@H](CC(=O)c1ccco1)NC(=O)c1ccc(Cl)cc1[N+](=O)[O-]. The fourth-order valence-electron chi connectivity index (χ4n) is 2.02. The highest BCUT2D eigenvalue weighted by Crippen LogP contribution is 2.23. The lowest BCUT2D eigenvalue weighted by atomic mass is 10.1. The van der Waals surface area contributed by atoms with Gasteiger partial charge in [0.2, 0.25) is 0 Å². The van der Waals surface area contributed by atoms with Crippen molar-refractivity contribution in [1.82, 2.24) is 5.32 Å². The highest BCUT2D eigenvalue weighted by atomic mass is 35.5. The minimum atomic E-state index is -0.681. The Balaban J connectivity index is 2.07. The Kier molecular flexibility index (Phi) is 5.13. The number of ketones is 1. The fourth-order valence-corrected chi connectivity index (χ4v) is 2.18. The van der Waals surface area contributed by atoms with Crippen molar-refractivity contribution in [3.8, 4) is 0 Å². The van der Waals surface area contributed by atoms with Crippen molar-refractivity contribution in [2.24, 2.45) is 0 Å². The van der Waals surface area contributed by atoms with Gasteiger partial charge in [-0.3, -0.25) is 19.7 Å². The van der Waals surface area contributed by atoms with E-state index in [1.54, 1.807) is 13.0 Å². The molecular formula is C15H13ClN2O5.